The fourth-order valence-corrected chi connectivity index (χ4v) is 0.471. The molecule has 1 heteroatoms. The van der Waals surface area contributed by atoms with Gasteiger partial charge in [-0.2, -0.15) is 13.3 Å². The minimum atomic E-state index is 0. The van der Waals surface area contributed by atoms with E-state index in [9.17, 15) is 0 Å². The number of hydrogen-bond acceptors (Lipinski definition) is 0. The van der Waals surface area contributed by atoms with Crippen LogP contribution in [0.3, 0.4) is 0 Å². The Kier molecular flexibility index (Phi) is 10.0. The minimum absolute atomic E-state index is 0. The standard InChI is InChI=1S/C6H13.Zn/c1-4-5-6(2)3;/h4,6H,5H2,1-3H3;/q-1;. The quantitative estimate of drug-likeness (QED) is 0.419. The summed E-state index contributed by atoms with van der Waals surface area (Å²) in [6.07, 6.45) is 3.45. The van der Waals surface area contributed by atoms with Crippen LogP contribution in [0.2, 0.25) is 0 Å². The third-order valence-corrected chi connectivity index (χ3v) is 0.707. The maximum absolute atomic E-state index is 2.22. The second-order valence-electron chi connectivity index (χ2n) is 2.04. The van der Waals surface area contributed by atoms with E-state index in [0.717, 1.165) is 5.92 Å². The third kappa shape index (κ3) is 10.8. The maximum atomic E-state index is 2.22. The van der Waals surface area contributed by atoms with E-state index in [4.69, 9.17) is 0 Å². The topological polar surface area (TPSA) is 0 Å². The van der Waals surface area contributed by atoms with E-state index in [-0.39, 0.29) is 19.5 Å². The molecule has 0 radical (unpaired) electrons. The number of hydrogen-bond donors (Lipinski definition) is 0. The van der Waals surface area contributed by atoms with Crippen molar-refractivity contribution in [2.24, 2.45) is 5.92 Å². The van der Waals surface area contributed by atoms with E-state index >= 15 is 0 Å². The molecule has 0 fully saturated rings. The number of rotatable bonds is 2. The first-order valence-electron chi connectivity index (χ1n) is 2.55. The molecule has 0 atom stereocenters. The first kappa shape index (κ1) is 10.6. The largest absolute Gasteiger partial charge is 0.331 e. The van der Waals surface area contributed by atoms with Gasteiger partial charge in [0.25, 0.3) is 0 Å². The van der Waals surface area contributed by atoms with Gasteiger partial charge < -0.3 is 6.42 Å². The molecule has 0 amide bonds. The van der Waals surface area contributed by atoms with Gasteiger partial charge in [-0.05, 0) is 0 Å². The molecule has 7 heavy (non-hydrogen) atoms. The van der Waals surface area contributed by atoms with Crippen molar-refractivity contribution >= 4 is 0 Å². The summed E-state index contributed by atoms with van der Waals surface area (Å²) in [6.45, 7) is 6.54. The molecule has 0 aromatic heterocycles. The van der Waals surface area contributed by atoms with E-state index in [2.05, 4.69) is 27.2 Å². The van der Waals surface area contributed by atoms with Crippen molar-refractivity contribution in [3.8, 4) is 0 Å². The SMILES string of the molecule is C[CH-]CC(C)C.[Zn]. The van der Waals surface area contributed by atoms with Crippen LogP contribution in [0.5, 0.6) is 0 Å². The summed E-state index contributed by atoms with van der Waals surface area (Å²) in [5.41, 5.74) is 0. The summed E-state index contributed by atoms with van der Waals surface area (Å²) in [5.74, 6) is 0.843. The zero-order valence-electron chi connectivity index (χ0n) is 5.57. The molecule has 0 saturated carbocycles. The zero-order valence-corrected chi connectivity index (χ0v) is 8.54. The Morgan fingerprint density at radius 3 is 1.86 bits per heavy atom. The molecule has 0 aliphatic carbocycles. The first-order valence-corrected chi connectivity index (χ1v) is 2.55. The van der Waals surface area contributed by atoms with Crippen molar-refractivity contribution in [3.63, 3.8) is 0 Å². The van der Waals surface area contributed by atoms with Crippen LogP contribution in [0.1, 0.15) is 27.2 Å². The Morgan fingerprint density at radius 1 is 1.43 bits per heavy atom. The molecule has 0 unspecified atom stereocenters. The van der Waals surface area contributed by atoms with Crippen LogP contribution in [-0.4, -0.2) is 0 Å². The van der Waals surface area contributed by atoms with Crippen molar-refractivity contribution in [1.29, 1.82) is 0 Å². The summed E-state index contributed by atoms with van der Waals surface area (Å²) in [6, 6.07) is 0. The first-order chi connectivity index (χ1) is 2.77. The second-order valence-corrected chi connectivity index (χ2v) is 2.04. The fourth-order valence-electron chi connectivity index (χ4n) is 0.471. The smallest absolute Gasteiger partial charge is 0 e. The van der Waals surface area contributed by atoms with Gasteiger partial charge >= 0.3 is 0 Å². The fraction of sp³-hybridized carbons (Fsp3) is 0.833. The molecule has 0 spiro atoms. The van der Waals surface area contributed by atoms with Crippen LogP contribution >= 0.6 is 0 Å². The van der Waals surface area contributed by atoms with Gasteiger partial charge in [0.05, 0.1) is 0 Å². The van der Waals surface area contributed by atoms with Gasteiger partial charge in [0.2, 0.25) is 0 Å². The van der Waals surface area contributed by atoms with Crippen molar-refractivity contribution in [2.45, 2.75) is 27.2 Å². The van der Waals surface area contributed by atoms with E-state index in [1.807, 2.05) is 0 Å². The van der Waals surface area contributed by atoms with E-state index in [1.54, 1.807) is 0 Å². The molecule has 0 rings (SSSR count). The predicted octanol–water partition coefficient (Wildman–Crippen LogP) is 2.25. The van der Waals surface area contributed by atoms with Gasteiger partial charge in [-0.15, -0.1) is 0 Å². The van der Waals surface area contributed by atoms with E-state index in [1.165, 1.54) is 6.42 Å². The zero-order chi connectivity index (χ0) is 4.99. The van der Waals surface area contributed by atoms with Crippen LogP contribution in [-0.2, 0) is 19.5 Å². The van der Waals surface area contributed by atoms with Crippen molar-refractivity contribution in [1.82, 2.24) is 0 Å². The van der Waals surface area contributed by atoms with Gasteiger partial charge in [-0.3, -0.25) is 0 Å². The molecule has 0 heterocycles. The Morgan fingerprint density at radius 2 is 1.86 bits per heavy atom. The molecule has 0 N–H and O–H groups in total. The van der Waals surface area contributed by atoms with Crippen LogP contribution in [0.4, 0.5) is 0 Å². The Labute approximate surface area is 59.4 Å². The third-order valence-electron chi connectivity index (χ3n) is 0.707. The van der Waals surface area contributed by atoms with Crippen molar-refractivity contribution in [3.05, 3.63) is 6.42 Å². The Bertz CT molecular complexity index is 25.4. The maximum Gasteiger partial charge on any atom is 0 e. The summed E-state index contributed by atoms with van der Waals surface area (Å²) in [5, 5.41) is 0. The van der Waals surface area contributed by atoms with Crippen LogP contribution in [0.25, 0.3) is 0 Å². The van der Waals surface area contributed by atoms with Crippen LogP contribution < -0.4 is 0 Å². The van der Waals surface area contributed by atoms with Crippen LogP contribution in [0, 0.1) is 12.3 Å². The summed E-state index contributed by atoms with van der Waals surface area (Å²) in [4.78, 5) is 0. The van der Waals surface area contributed by atoms with E-state index in [0.29, 0.717) is 0 Å². The molecule has 0 saturated heterocycles. The molecule has 0 aliphatic rings. The van der Waals surface area contributed by atoms with Gasteiger partial charge in [-0.1, -0.05) is 19.8 Å². The molecule has 40 valence electrons. The molecule has 0 bridgehead atoms. The summed E-state index contributed by atoms with van der Waals surface area (Å²) >= 11 is 0. The minimum Gasteiger partial charge on any atom is -0.331 e. The average molecular weight is 151 g/mol. The Hall–Kier alpha value is 0.623. The van der Waals surface area contributed by atoms with Gasteiger partial charge in [-0.25, -0.2) is 0 Å². The second kappa shape index (κ2) is 6.62. The molecular formula is C6H13Zn-. The molecular weight excluding hydrogens is 137 g/mol. The molecule has 0 aliphatic heterocycles. The molecule has 0 nitrogen and oxygen atoms in total. The van der Waals surface area contributed by atoms with E-state index < -0.39 is 0 Å². The summed E-state index contributed by atoms with van der Waals surface area (Å²) < 4.78 is 0. The molecule has 0 aromatic rings. The van der Waals surface area contributed by atoms with Crippen LogP contribution in [0.15, 0.2) is 0 Å². The van der Waals surface area contributed by atoms with Crippen molar-refractivity contribution < 1.29 is 19.5 Å². The molecule has 0 aromatic carbocycles. The van der Waals surface area contributed by atoms with Gasteiger partial charge in [0.15, 0.2) is 0 Å². The average Bonchev–Trinajstić information content (AvgIpc) is 1.35. The monoisotopic (exact) mass is 149 g/mol. The Balaban J connectivity index is 0. The van der Waals surface area contributed by atoms with Gasteiger partial charge in [0.1, 0.15) is 0 Å². The summed E-state index contributed by atoms with van der Waals surface area (Å²) in [7, 11) is 0. The van der Waals surface area contributed by atoms with Crippen molar-refractivity contribution in [2.75, 3.05) is 0 Å². The predicted molar refractivity (Wildman–Crippen MR) is 29.4 cm³/mol. The normalized spacial score (nSPS) is 8.57. The van der Waals surface area contributed by atoms with Gasteiger partial charge in [0, 0.05) is 19.5 Å².